The lowest BCUT2D eigenvalue weighted by molar-refractivity contribution is -0.145. The standard InChI is InChI=1S/C24H32N4O4/c1-3-16(2)28-14-19-12-21(6-5-17(19)11-18(23(28)31)13-22(29)30)32-10-7-20-15-27-9-4-8-25-24(27)26-20/h5-6,12,15-16,18H,3-4,7-11,13-14H2,1-2H3,(H,25,26)(H,29,30). The van der Waals surface area contributed by atoms with Gasteiger partial charge in [0.15, 0.2) is 0 Å². The van der Waals surface area contributed by atoms with Crippen LogP contribution in [0.2, 0.25) is 0 Å². The third kappa shape index (κ3) is 4.89. The molecule has 2 aliphatic heterocycles. The van der Waals surface area contributed by atoms with Gasteiger partial charge in [-0.1, -0.05) is 13.0 Å². The van der Waals surface area contributed by atoms with E-state index in [1.807, 2.05) is 36.9 Å². The Labute approximate surface area is 188 Å². The average molecular weight is 441 g/mol. The lowest BCUT2D eigenvalue weighted by atomic mass is 9.94. The van der Waals surface area contributed by atoms with Crippen LogP contribution in [-0.4, -0.2) is 50.6 Å². The zero-order valence-corrected chi connectivity index (χ0v) is 18.8. The third-order valence-corrected chi connectivity index (χ3v) is 6.47. The topological polar surface area (TPSA) is 96.7 Å². The molecule has 0 spiro atoms. The molecule has 0 fully saturated rings. The summed E-state index contributed by atoms with van der Waals surface area (Å²) in [5.41, 5.74) is 3.07. The van der Waals surface area contributed by atoms with Gasteiger partial charge in [-0.15, -0.1) is 0 Å². The smallest absolute Gasteiger partial charge is 0.304 e. The Bertz CT molecular complexity index is 963. The first-order valence-corrected chi connectivity index (χ1v) is 11.5. The van der Waals surface area contributed by atoms with Crippen LogP contribution in [0.25, 0.3) is 0 Å². The molecule has 2 aromatic rings. The number of anilines is 1. The fourth-order valence-electron chi connectivity index (χ4n) is 4.48. The third-order valence-electron chi connectivity index (χ3n) is 6.47. The van der Waals surface area contributed by atoms with E-state index in [-0.39, 0.29) is 18.4 Å². The number of hydrogen-bond acceptors (Lipinski definition) is 5. The molecule has 2 atom stereocenters. The number of imidazole rings is 1. The summed E-state index contributed by atoms with van der Waals surface area (Å²) in [6, 6.07) is 5.95. The number of fused-ring (bicyclic) bond motifs is 2. The summed E-state index contributed by atoms with van der Waals surface area (Å²) in [5, 5.41) is 12.6. The lowest BCUT2D eigenvalue weighted by Crippen LogP contribution is -2.41. The number of carbonyl (C=O) groups excluding carboxylic acids is 1. The number of ether oxygens (including phenoxy) is 1. The van der Waals surface area contributed by atoms with Gasteiger partial charge in [0, 0.05) is 38.3 Å². The highest BCUT2D eigenvalue weighted by atomic mass is 16.5. The number of aliphatic carboxylic acids is 1. The SMILES string of the molecule is CCC(C)N1Cc2cc(OCCc3cn4c(n3)NCCC4)ccc2CC(CC(=O)O)C1=O. The molecule has 4 rings (SSSR count). The molecule has 8 nitrogen and oxygen atoms in total. The fraction of sp³-hybridized carbons (Fsp3) is 0.542. The van der Waals surface area contributed by atoms with Crippen LogP contribution in [-0.2, 0) is 35.5 Å². The van der Waals surface area contributed by atoms with Gasteiger partial charge >= 0.3 is 5.97 Å². The van der Waals surface area contributed by atoms with Gasteiger partial charge < -0.3 is 24.6 Å². The summed E-state index contributed by atoms with van der Waals surface area (Å²) in [5.74, 6) is 0.154. The molecule has 32 heavy (non-hydrogen) atoms. The molecule has 0 saturated carbocycles. The van der Waals surface area contributed by atoms with Gasteiger partial charge in [-0.2, -0.15) is 0 Å². The van der Waals surface area contributed by atoms with Crippen molar-refractivity contribution in [2.45, 2.75) is 65.1 Å². The van der Waals surface area contributed by atoms with E-state index in [2.05, 4.69) is 21.1 Å². The van der Waals surface area contributed by atoms with E-state index < -0.39 is 11.9 Å². The monoisotopic (exact) mass is 440 g/mol. The van der Waals surface area contributed by atoms with Crippen LogP contribution in [0.1, 0.15) is 49.9 Å². The number of carboxylic acids is 1. The van der Waals surface area contributed by atoms with E-state index in [9.17, 15) is 14.7 Å². The Kier molecular flexibility index (Phi) is 6.67. The maximum atomic E-state index is 13.1. The largest absolute Gasteiger partial charge is 0.493 e. The molecule has 0 radical (unpaired) electrons. The summed E-state index contributed by atoms with van der Waals surface area (Å²) < 4.78 is 8.17. The zero-order valence-electron chi connectivity index (χ0n) is 18.8. The summed E-state index contributed by atoms with van der Waals surface area (Å²) in [6.07, 6.45) is 5.03. The fourth-order valence-corrected chi connectivity index (χ4v) is 4.48. The maximum Gasteiger partial charge on any atom is 0.304 e. The minimum absolute atomic E-state index is 0.0508. The van der Waals surface area contributed by atoms with Gasteiger partial charge in [-0.25, -0.2) is 4.98 Å². The van der Waals surface area contributed by atoms with Gasteiger partial charge in [0.2, 0.25) is 11.9 Å². The van der Waals surface area contributed by atoms with Crippen LogP contribution >= 0.6 is 0 Å². The number of amides is 1. The molecule has 1 aromatic heterocycles. The molecule has 2 unspecified atom stereocenters. The molecule has 3 heterocycles. The van der Waals surface area contributed by atoms with E-state index in [4.69, 9.17) is 4.74 Å². The highest BCUT2D eigenvalue weighted by molar-refractivity contribution is 5.84. The van der Waals surface area contributed by atoms with E-state index >= 15 is 0 Å². The van der Waals surface area contributed by atoms with Crippen LogP contribution in [0.4, 0.5) is 5.95 Å². The second-order valence-corrected chi connectivity index (χ2v) is 8.78. The number of carboxylic acid groups (broad SMARTS) is 1. The van der Waals surface area contributed by atoms with E-state index in [1.165, 1.54) is 0 Å². The van der Waals surface area contributed by atoms with Crippen molar-refractivity contribution in [1.29, 1.82) is 0 Å². The summed E-state index contributed by atoms with van der Waals surface area (Å²) in [6.45, 7) is 7.01. The zero-order chi connectivity index (χ0) is 22.7. The van der Waals surface area contributed by atoms with Crippen LogP contribution < -0.4 is 10.1 Å². The molecule has 172 valence electrons. The number of nitrogens with one attached hydrogen (secondary N) is 1. The van der Waals surface area contributed by atoms with Gasteiger partial charge in [0.25, 0.3) is 0 Å². The van der Waals surface area contributed by atoms with Crippen molar-refractivity contribution >= 4 is 17.8 Å². The first-order chi connectivity index (χ1) is 15.4. The molecule has 2 aliphatic rings. The Hall–Kier alpha value is -3.03. The van der Waals surface area contributed by atoms with Gasteiger partial charge in [-0.05, 0) is 49.4 Å². The van der Waals surface area contributed by atoms with Crippen molar-refractivity contribution in [2.24, 2.45) is 5.92 Å². The first-order valence-electron chi connectivity index (χ1n) is 11.5. The number of aryl methyl sites for hydroxylation is 1. The lowest BCUT2D eigenvalue weighted by Gasteiger charge is -2.29. The van der Waals surface area contributed by atoms with Crippen LogP contribution in [0.5, 0.6) is 5.75 Å². The van der Waals surface area contributed by atoms with Gasteiger partial charge in [0.1, 0.15) is 5.75 Å². The Morgan fingerprint density at radius 3 is 2.97 bits per heavy atom. The molecule has 1 aromatic carbocycles. The van der Waals surface area contributed by atoms with E-state index in [0.717, 1.165) is 60.9 Å². The number of carbonyl (C=O) groups is 2. The van der Waals surface area contributed by atoms with E-state index in [1.54, 1.807) is 0 Å². The minimum atomic E-state index is -0.938. The number of nitrogens with zero attached hydrogens (tertiary/aromatic N) is 3. The Balaban J connectivity index is 1.46. The number of rotatable bonds is 8. The number of hydrogen-bond donors (Lipinski definition) is 2. The normalized spacial score (nSPS) is 18.9. The molecular formula is C24H32N4O4. The molecule has 0 bridgehead atoms. The predicted molar refractivity (Wildman–Crippen MR) is 121 cm³/mol. The Morgan fingerprint density at radius 1 is 1.38 bits per heavy atom. The highest BCUT2D eigenvalue weighted by Gasteiger charge is 2.33. The highest BCUT2D eigenvalue weighted by Crippen LogP contribution is 2.29. The molecular weight excluding hydrogens is 408 g/mol. The van der Waals surface area contributed by atoms with Crippen molar-refractivity contribution in [1.82, 2.24) is 14.5 Å². The molecule has 0 saturated heterocycles. The second kappa shape index (κ2) is 9.63. The Morgan fingerprint density at radius 2 is 2.22 bits per heavy atom. The van der Waals surface area contributed by atoms with Gasteiger partial charge in [0.05, 0.1) is 24.6 Å². The van der Waals surface area contributed by atoms with Crippen molar-refractivity contribution in [3.05, 3.63) is 41.2 Å². The molecule has 1 amide bonds. The van der Waals surface area contributed by atoms with Crippen LogP contribution in [0.3, 0.4) is 0 Å². The van der Waals surface area contributed by atoms with Crippen LogP contribution in [0.15, 0.2) is 24.4 Å². The molecule has 0 aliphatic carbocycles. The number of aromatic nitrogens is 2. The average Bonchev–Trinajstić information content (AvgIpc) is 3.14. The first kappa shape index (κ1) is 22.2. The summed E-state index contributed by atoms with van der Waals surface area (Å²) in [7, 11) is 0. The van der Waals surface area contributed by atoms with Crippen LogP contribution in [0, 0.1) is 5.92 Å². The predicted octanol–water partition coefficient (Wildman–Crippen LogP) is 3.09. The van der Waals surface area contributed by atoms with Crippen molar-refractivity contribution in [3.8, 4) is 5.75 Å². The van der Waals surface area contributed by atoms with Crippen molar-refractivity contribution < 1.29 is 19.4 Å². The molecule has 2 N–H and O–H groups in total. The number of benzene rings is 1. The summed E-state index contributed by atoms with van der Waals surface area (Å²) in [4.78, 5) is 30.8. The maximum absolute atomic E-state index is 13.1. The van der Waals surface area contributed by atoms with Gasteiger partial charge in [-0.3, -0.25) is 9.59 Å². The molecule has 8 heteroatoms. The van der Waals surface area contributed by atoms with Crippen molar-refractivity contribution in [3.63, 3.8) is 0 Å². The quantitative estimate of drug-likeness (QED) is 0.655. The second-order valence-electron chi connectivity index (χ2n) is 8.78. The van der Waals surface area contributed by atoms with Crippen molar-refractivity contribution in [2.75, 3.05) is 18.5 Å². The minimum Gasteiger partial charge on any atom is -0.493 e. The van der Waals surface area contributed by atoms with E-state index in [0.29, 0.717) is 19.6 Å². The summed E-state index contributed by atoms with van der Waals surface area (Å²) >= 11 is 0.